The second-order valence-corrected chi connectivity index (χ2v) is 7.13. The predicted octanol–water partition coefficient (Wildman–Crippen LogP) is 4.11. The summed E-state index contributed by atoms with van der Waals surface area (Å²) in [4.78, 5) is 25.5. The van der Waals surface area contributed by atoms with Crippen LogP contribution in [-0.4, -0.2) is 23.5 Å². The molecule has 0 aromatic heterocycles. The van der Waals surface area contributed by atoms with E-state index in [0.29, 0.717) is 6.42 Å². The highest BCUT2D eigenvalue weighted by Gasteiger charge is 2.42. The predicted molar refractivity (Wildman–Crippen MR) is 104 cm³/mol. The normalized spacial score (nSPS) is 17.0. The average molecular weight is 355 g/mol. The van der Waals surface area contributed by atoms with Crippen LogP contribution >= 0.6 is 0 Å². The van der Waals surface area contributed by atoms with Gasteiger partial charge in [-0.2, -0.15) is 0 Å². The Morgan fingerprint density at radius 3 is 2.46 bits per heavy atom. The number of hydrogen-bond acceptors (Lipinski definition) is 3. The molecule has 1 aromatic carbocycles. The molecule has 140 valence electrons. The van der Waals surface area contributed by atoms with Crippen LogP contribution in [-0.2, 0) is 20.7 Å². The largest absolute Gasteiger partial charge is 0.445 e. The first-order chi connectivity index (χ1) is 12.5. The van der Waals surface area contributed by atoms with Gasteiger partial charge in [-0.3, -0.25) is 4.79 Å². The molecule has 26 heavy (non-hydrogen) atoms. The molecule has 1 amide bonds. The summed E-state index contributed by atoms with van der Waals surface area (Å²) in [5, 5.41) is 3.12. The van der Waals surface area contributed by atoms with Gasteiger partial charge in [0.05, 0.1) is 0 Å². The maximum absolute atomic E-state index is 13.2. The van der Waals surface area contributed by atoms with Crippen molar-refractivity contribution < 1.29 is 14.3 Å². The van der Waals surface area contributed by atoms with Crippen LogP contribution in [0.5, 0.6) is 0 Å². The Morgan fingerprint density at radius 1 is 1.23 bits per heavy atom. The molecule has 1 saturated carbocycles. The first kappa shape index (κ1) is 20.0. The lowest BCUT2D eigenvalue weighted by atomic mass is 9.88. The van der Waals surface area contributed by atoms with E-state index in [4.69, 9.17) is 4.74 Å². The summed E-state index contributed by atoms with van der Waals surface area (Å²) >= 11 is 0. The standard InChI is InChI=1S/C22H29NO3/c1-4-15-22(26-20(24)17(2)3,16-18-11-7-5-8-12-18)21(25)23-19-13-9-6-10-14-19/h4-5,7-8,11-12,19H,1-2,6,9-10,13-16H2,3H3,(H,23,25). The van der Waals surface area contributed by atoms with Gasteiger partial charge in [-0.25, -0.2) is 4.79 Å². The van der Waals surface area contributed by atoms with Crippen LogP contribution in [0, 0.1) is 0 Å². The van der Waals surface area contributed by atoms with Crippen LogP contribution in [0.4, 0.5) is 0 Å². The quantitative estimate of drug-likeness (QED) is 0.434. The van der Waals surface area contributed by atoms with Gasteiger partial charge >= 0.3 is 5.97 Å². The van der Waals surface area contributed by atoms with E-state index >= 15 is 0 Å². The molecule has 0 radical (unpaired) electrons. The molecule has 1 fully saturated rings. The Hall–Kier alpha value is -2.36. The molecule has 0 saturated heterocycles. The zero-order valence-corrected chi connectivity index (χ0v) is 15.6. The smallest absolute Gasteiger partial charge is 0.334 e. The van der Waals surface area contributed by atoms with E-state index in [1.54, 1.807) is 13.0 Å². The third kappa shape index (κ3) is 5.32. The molecule has 4 nitrogen and oxygen atoms in total. The summed E-state index contributed by atoms with van der Waals surface area (Å²) in [6.07, 6.45) is 7.56. The third-order valence-corrected chi connectivity index (χ3v) is 4.80. The second-order valence-electron chi connectivity index (χ2n) is 7.13. The summed E-state index contributed by atoms with van der Waals surface area (Å²) in [6, 6.07) is 9.74. The molecule has 1 aliphatic rings. The maximum atomic E-state index is 13.2. The van der Waals surface area contributed by atoms with Crippen molar-refractivity contribution in [2.24, 2.45) is 0 Å². The zero-order chi connectivity index (χ0) is 19.0. The number of hydrogen-bond donors (Lipinski definition) is 1. The Balaban J connectivity index is 2.29. The van der Waals surface area contributed by atoms with Crippen molar-refractivity contribution in [2.75, 3.05) is 0 Å². The highest BCUT2D eigenvalue weighted by Crippen LogP contribution is 2.26. The molecule has 1 atom stereocenters. The lowest BCUT2D eigenvalue weighted by molar-refractivity contribution is -0.165. The van der Waals surface area contributed by atoms with E-state index in [9.17, 15) is 9.59 Å². The van der Waals surface area contributed by atoms with Gasteiger partial charge in [0.15, 0.2) is 5.60 Å². The molecule has 0 heterocycles. The third-order valence-electron chi connectivity index (χ3n) is 4.80. The molecule has 1 N–H and O–H groups in total. The van der Waals surface area contributed by atoms with Gasteiger partial charge in [-0.1, -0.05) is 62.2 Å². The number of carbonyl (C=O) groups excluding carboxylic acids is 2. The monoisotopic (exact) mass is 355 g/mol. The fraction of sp³-hybridized carbons (Fsp3) is 0.455. The molecule has 4 heteroatoms. The summed E-state index contributed by atoms with van der Waals surface area (Å²) in [6.45, 7) is 9.01. The Kier molecular flexibility index (Phi) is 7.19. The molecule has 0 spiro atoms. The van der Waals surface area contributed by atoms with Crippen molar-refractivity contribution in [3.05, 3.63) is 60.7 Å². The van der Waals surface area contributed by atoms with Crippen molar-refractivity contribution in [1.29, 1.82) is 0 Å². The molecule has 2 rings (SSSR count). The number of benzene rings is 1. The second kappa shape index (κ2) is 9.37. The van der Waals surface area contributed by atoms with E-state index in [0.717, 1.165) is 31.2 Å². The van der Waals surface area contributed by atoms with Crippen LogP contribution in [0.1, 0.15) is 51.0 Å². The number of rotatable bonds is 8. The van der Waals surface area contributed by atoms with Crippen LogP contribution in [0.2, 0.25) is 0 Å². The fourth-order valence-corrected chi connectivity index (χ4v) is 3.36. The summed E-state index contributed by atoms with van der Waals surface area (Å²) in [5.41, 5.74) is -0.101. The molecule has 1 aromatic rings. The van der Waals surface area contributed by atoms with Crippen molar-refractivity contribution in [2.45, 2.75) is 63.5 Å². The first-order valence-electron chi connectivity index (χ1n) is 9.31. The van der Waals surface area contributed by atoms with Gasteiger partial charge in [0, 0.05) is 24.5 Å². The van der Waals surface area contributed by atoms with E-state index in [1.165, 1.54) is 6.42 Å². The molecule has 1 unspecified atom stereocenters. The van der Waals surface area contributed by atoms with Crippen molar-refractivity contribution >= 4 is 11.9 Å². The van der Waals surface area contributed by atoms with Gasteiger partial charge in [0.1, 0.15) is 0 Å². The first-order valence-corrected chi connectivity index (χ1v) is 9.31. The molecule has 0 bridgehead atoms. The van der Waals surface area contributed by atoms with Crippen LogP contribution in [0.25, 0.3) is 0 Å². The molecule has 1 aliphatic carbocycles. The van der Waals surface area contributed by atoms with Gasteiger partial charge in [0.2, 0.25) is 0 Å². The van der Waals surface area contributed by atoms with Crippen molar-refractivity contribution in [1.82, 2.24) is 5.32 Å². The molecular formula is C22H29NO3. The number of amides is 1. The van der Waals surface area contributed by atoms with Crippen LogP contribution < -0.4 is 5.32 Å². The minimum atomic E-state index is -1.31. The van der Waals surface area contributed by atoms with Crippen molar-refractivity contribution in [3.63, 3.8) is 0 Å². The fourth-order valence-electron chi connectivity index (χ4n) is 3.36. The summed E-state index contributed by atoms with van der Waals surface area (Å²) in [7, 11) is 0. The van der Waals surface area contributed by atoms with Gasteiger partial charge in [0.25, 0.3) is 5.91 Å². The van der Waals surface area contributed by atoms with Gasteiger partial charge in [-0.15, -0.1) is 6.58 Å². The van der Waals surface area contributed by atoms with E-state index < -0.39 is 11.6 Å². The summed E-state index contributed by atoms with van der Waals surface area (Å²) in [5.74, 6) is -0.802. The Labute approximate surface area is 156 Å². The zero-order valence-electron chi connectivity index (χ0n) is 15.6. The van der Waals surface area contributed by atoms with E-state index in [-0.39, 0.29) is 23.9 Å². The minimum Gasteiger partial charge on any atom is -0.445 e. The number of carbonyl (C=O) groups is 2. The lowest BCUT2D eigenvalue weighted by Crippen LogP contribution is -2.54. The highest BCUT2D eigenvalue weighted by molar-refractivity contribution is 5.93. The number of esters is 1. The minimum absolute atomic E-state index is 0.139. The maximum Gasteiger partial charge on any atom is 0.334 e. The number of ether oxygens (including phenoxy) is 1. The molecular weight excluding hydrogens is 326 g/mol. The Morgan fingerprint density at radius 2 is 1.88 bits per heavy atom. The lowest BCUT2D eigenvalue weighted by Gasteiger charge is -2.34. The van der Waals surface area contributed by atoms with Crippen LogP contribution in [0.15, 0.2) is 55.1 Å². The average Bonchev–Trinajstić information content (AvgIpc) is 2.63. The number of nitrogens with one attached hydrogen (secondary N) is 1. The molecule has 0 aliphatic heterocycles. The topological polar surface area (TPSA) is 55.4 Å². The van der Waals surface area contributed by atoms with Gasteiger partial charge in [-0.05, 0) is 25.3 Å². The SMILES string of the molecule is C=CCC(Cc1ccccc1)(OC(=O)C(=C)C)C(=O)NC1CCCCC1. The van der Waals surface area contributed by atoms with E-state index in [1.807, 2.05) is 30.3 Å². The van der Waals surface area contributed by atoms with Crippen molar-refractivity contribution in [3.8, 4) is 0 Å². The highest BCUT2D eigenvalue weighted by atomic mass is 16.6. The summed E-state index contributed by atoms with van der Waals surface area (Å²) < 4.78 is 5.73. The van der Waals surface area contributed by atoms with Crippen LogP contribution in [0.3, 0.4) is 0 Å². The Bertz CT molecular complexity index is 647. The van der Waals surface area contributed by atoms with E-state index in [2.05, 4.69) is 18.5 Å². The van der Waals surface area contributed by atoms with Gasteiger partial charge < -0.3 is 10.1 Å².